The Morgan fingerprint density at radius 1 is 0.675 bits per heavy atom. The van der Waals surface area contributed by atoms with Crippen LogP contribution in [0.15, 0.2) is 94.9 Å². The van der Waals surface area contributed by atoms with Crippen molar-refractivity contribution >= 4 is 34.6 Å². The van der Waals surface area contributed by atoms with E-state index in [-0.39, 0.29) is 5.82 Å². The minimum absolute atomic E-state index is 0.278. The number of hydrogen-bond donors (Lipinski definition) is 0. The van der Waals surface area contributed by atoms with Gasteiger partial charge < -0.3 is 9.80 Å². The Hall–Kier alpha value is -3.96. The molecule has 204 valence electrons. The molecule has 4 aromatic carbocycles. The molecule has 40 heavy (non-hydrogen) atoms. The predicted octanol–water partition coefficient (Wildman–Crippen LogP) is 8.53. The second kappa shape index (κ2) is 12.1. The molecule has 0 bridgehead atoms. The van der Waals surface area contributed by atoms with Crippen LogP contribution in [0.4, 0.5) is 15.8 Å². The molecule has 1 heterocycles. The molecule has 4 nitrogen and oxygen atoms in total. The van der Waals surface area contributed by atoms with E-state index in [1.54, 1.807) is 12.1 Å². The third-order valence-electron chi connectivity index (χ3n) is 7.20. The number of amidine groups is 2. The van der Waals surface area contributed by atoms with Crippen molar-refractivity contribution in [3.63, 3.8) is 0 Å². The summed E-state index contributed by atoms with van der Waals surface area (Å²) in [6.07, 6.45) is 0.916. The van der Waals surface area contributed by atoms with Gasteiger partial charge in [0.25, 0.3) is 0 Å². The molecule has 0 aromatic heterocycles. The van der Waals surface area contributed by atoms with Gasteiger partial charge in [-0.2, -0.15) is 0 Å². The largest absolute Gasteiger partial charge is 0.338 e. The Bertz CT molecular complexity index is 1520. The summed E-state index contributed by atoms with van der Waals surface area (Å²) >= 11 is 6.69. The number of benzene rings is 4. The summed E-state index contributed by atoms with van der Waals surface area (Å²) in [5.74, 6) is 1.41. The van der Waals surface area contributed by atoms with Gasteiger partial charge in [-0.15, -0.1) is 0 Å². The highest BCUT2D eigenvalue weighted by Crippen LogP contribution is 2.32. The van der Waals surface area contributed by atoms with Gasteiger partial charge in [-0.3, -0.25) is 0 Å². The molecule has 0 saturated carbocycles. The van der Waals surface area contributed by atoms with Crippen LogP contribution in [0.25, 0.3) is 0 Å². The molecule has 4 aromatic rings. The second-order valence-electron chi connectivity index (χ2n) is 10.4. The first-order chi connectivity index (χ1) is 19.3. The van der Waals surface area contributed by atoms with Crippen LogP contribution in [0.3, 0.4) is 0 Å². The van der Waals surface area contributed by atoms with Gasteiger partial charge in [0.05, 0.1) is 23.1 Å². The van der Waals surface area contributed by atoms with Gasteiger partial charge >= 0.3 is 0 Å². The van der Waals surface area contributed by atoms with Gasteiger partial charge in [-0.1, -0.05) is 66.2 Å². The zero-order chi connectivity index (χ0) is 28.2. The average molecular weight is 553 g/mol. The molecule has 0 amide bonds. The van der Waals surface area contributed by atoms with Crippen molar-refractivity contribution in [1.29, 1.82) is 0 Å². The van der Waals surface area contributed by atoms with Crippen LogP contribution >= 0.6 is 11.6 Å². The van der Waals surface area contributed by atoms with Crippen molar-refractivity contribution in [3.05, 3.63) is 129 Å². The number of rotatable bonds is 4. The standard InChI is InChI=1S/C34H34ClFN4/c1-23-20-26(4)32(30(35)21-23)38-34(28-14-16-29(36)17-15-28)40-19-9-18-39(22-40)33(27-12-6-5-7-13-27)37-31-24(2)10-8-11-25(31)3/h5-8,10-17,20-21H,9,18-19,22H2,1-4H3/b37-33+,38-34+. The number of para-hydroxylation sites is 1. The van der Waals surface area contributed by atoms with Crippen LogP contribution in [-0.4, -0.2) is 41.2 Å². The first-order valence-corrected chi connectivity index (χ1v) is 14.0. The highest BCUT2D eigenvalue weighted by Gasteiger charge is 2.26. The van der Waals surface area contributed by atoms with Gasteiger partial charge in [0.2, 0.25) is 0 Å². The minimum Gasteiger partial charge on any atom is -0.338 e. The van der Waals surface area contributed by atoms with Crippen molar-refractivity contribution in [2.45, 2.75) is 34.1 Å². The van der Waals surface area contributed by atoms with Crippen LogP contribution in [-0.2, 0) is 0 Å². The maximum absolute atomic E-state index is 13.9. The topological polar surface area (TPSA) is 31.2 Å². The summed E-state index contributed by atoms with van der Waals surface area (Å²) < 4.78 is 13.9. The SMILES string of the molecule is Cc1cc(C)c(/N=C(\c2ccc(F)cc2)N2CCCN(/C(=N/c3c(C)cccc3C)c3ccccc3)C2)c(Cl)c1. The van der Waals surface area contributed by atoms with Gasteiger partial charge in [-0.25, -0.2) is 14.4 Å². The Morgan fingerprint density at radius 2 is 1.25 bits per heavy atom. The maximum Gasteiger partial charge on any atom is 0.138 e. The fraction of sp³-hybridized carbons (Fsp3) is 0.235. The van der Waals surface area contributed by atoms with E-state index in [4.69, 9.17) is 21.6 Å². The lowest BCUT2D eigenvalue weighted by Gasteiger charge is -2.39. The van der Waals surface area contributed by atoms with Crippen LogP contribution in [0.2, 0.25) is 5.02 Å². The predicted molar refractivity (Wildman–Crippen MR) is 165 cm³/mol. The highest BCUT2D eigenvalue weighted by molar-refractivity contribution is 6.33. The smallest absolute Gasteiger partial charge is 0.138 e. The number of aliphatic imine (C=N–C) groups is 2. The Kier molecular flexibility index (Phi) is 8.32. The summed E-state index contributed by atoms with van der Waals surface area (Å²) in [5, 5.41) is 0.604. The van der Waals surface area contributed by atoms with E-state index in [9.17, 15) is 4.39 Å². The summed E-state index contributed by atoms with van der Waals surface area (Å²) in [7, 11) is 0. The zero-order valence-electron chi connectivity index (χ0n) is 23.5. The molecule has 5 rings (SSSR count). The third kappa shape index (κ3) is 6.10. The van der Waals surface area contributed by atoms with Crippen molar-refractivity contribution in [1.82, 2.24) is 9.80 Å². The number of halogens is 2. The van der Waals surface area contributed by atoms with Crippen molar-refractivity contribution in [3.8, 4) is 0 Å². The molecule has 0 radical (unpaired) electrons. The lowest BCUT2D eigenvalue weighted by atomic mass is 10.1. The summed E-state index contributed by atoms with van der Waals surface area (Å²) in [4.78, 5) is 14.9. The Balaban J connectivity index is 1.59. The molecule has 1 fully saturated rings. The number of aryl methyl sites for hydroxylation is 4. The van der Waals surface area contributed by atoms with E-state index in [0.29, 0.717) is 11.7 Å². The summed E-state index contributed by atoms with van der Waals surface area (Å²) in [5.41, 5.74) is 7.99. The molecule has 0 N–H and O–H groups in total. The van der Waals surface area contributed by atoms with Crippen LogP contribution in [0.1, 0.15) is 39.8 Å². The summed E-state index contributed by atoms with van der Waals surface area (Å²) in [6, 6.07) is 27.1. The molecule has 0 aliphatic carbocycles. The van der Waals surface area contributed by atoms with E-state index >= 15 is 0 Å². The third-order valence-corrected chi connectivity index (χ3v) is 7.49. The molecular weight excluding hydrogens is 519 g/mol. The van der Waals surface area contributed by atoms with Gasteiger partial charge in [0.1, 0.15) is 17.5 Å². The van der Waals surface area contributed by atoms with Gasteiger partial charge in [0.15, 0.2) is 0 Å². The average Bonchev–Trinajstić information content (AvgIpc) is 2.94. The van der Waals surface area contributed by atoms with E-state index in [2.05, 4.69) is 60.0 Å². The van der Waals surface area contributed by atoms with E-state index < -0.39 is 0 Å². The second-order valence-corrected chi connectivity index (χ2v) is 10.8. The number of hydrogen-bond acceptors (Lipinski definition) is 2. The molecule has 6 heteroatoms. The zero-order valence-corrected chi connectivity index (χ0v) is 24.2. The molecular formula is C34H34ClFN4. The maximum atomic E-state index is 13.9. The van der Waals surface area contributed by atoms with E-state index in [0.717, 1.165) is 75.9 Å². The van der Waals surface area contributed by atoms with Crippen LogP contribution in [0.5, 0.6) is 0 Å². The van der Waals surface area contributed by atoms with Crippen LogP contribution < -0.4 is 0 Å². The van der Waals surface area contributed by atoms with Crippen molar-refractivity contribution in [2.24, 2.45) is 9.98 Å². The van der Waals surface area contributed by atoms with Crippen molar-refractivity contribution < 1.29 is 4.39 Å². The molecule has 0 atom stereocenters. The summed E-state index contributed by atoms with van der Waals surface area (Å²) in [6.45, 7) is 10.5. The Labute approximate surface area is 241 Å². The first-order valence-electron chi connectivity index (χ1n) is 13.6. The quantitative estimate of drug-likeness (QED) is 0.188. The van der Waals surface area contributed by atoms with E-state index in [1.165, 1.54) is 12.1 Å². The lowest BCUT2D eigenvalue weighted by Crippen LogP contribution is -2.50. The normalized spacial score (nSPS) is 14.6. The Morgan fingerprint density at radius 3 is 1.85 bits per heavy atom. The molecule has 1 saturated heterocycles. The molecule has 0 spiro atoms. The van der Waals surface area contributed by atoms with Gasteiger partial charge in [0, 0.05) is 24.2 Å². The molecule has 0 unspecified atom stereocenters. The van der Waals surface area contributed by atoms with E-state index in [1.807, 2.05) is 38.1 Å². The van der Waals surface area contributed by atoms with Gasteiger partial charge in [-0.05, 0) is 86.7 Å². The molecule has 1 aliphatic heterocycles. The number of nitrogens with zero attached hydrogens (tertiary/aromatic N) is 4. The minimum atomic E-state index is -0.278. The molecule has 1 aliphatic rings. The lowest BCUT2D eigenvalue weighted by molar-refractivity contribution is 0.214. The monoisotopic (exact) mass is 552 g/mol. The highest BCUT2D eigenvalue weighted by atomic mass is 35.5. The van der Waals surface area contributed by atoms with Crippen LogP contribution in [0, 0.1) is 33.5 Å². The fourth-order valence-electron chi connectivity index (χ4n) is 5.21. The first kappa shape index (κ1) is 27.6. The fourth-order valence-corrected chi connectivity index (χ4v) is 5.57. The van der Waals surface area contributed by atoms with Crippen molar-refractivity contribution in [2.75, 3.05) is 19.8 Å².